The highest BCUT2D eigenvalue weighted by Gasteiger charge is 2.23. The Bertz CT molecular complexity index is 1580. The standard InChI is InChI=1S/C30H32FN7O3S/c31-22-15-21(36-30(40)35-20-2-3-20)4-6-25(22)41-26-7-9-33-24-16-27(42-29(24)26)23-5-1-19(17-34-23)18-38-13-11-37(12-14-38)10-8-28(32)39/h1,4-7,9,15-17,20H,2-3,8,10-14,18H2,(H2,32,39)(H2,35,36,40). The molecule has 1 aliphatic heterocycles. The molecule has 0 bridgehead atoms. The van der Waals surface area contributed by atoms with Gasteiger partial charge in [0.2, 0.25) is 5.91 Å². The molecular weight excluding hydrogens is 557 g/mol. The number of fused-ring (bicyclic) bond motifs is 1. The fourth-order valence-electron chi connectivity index (χ4n) is 4.84. The van der Waals surface area contributed by atoms with Crippen molar-refractivity contribution in [3.63, 3.8) is 0 Å². The van der Waals surface area contributed by atoms with Crippen LogP contribution in [0.5, 0.6) is 11.5 Å². The van der Waals surface area contributed by atoms with Gasteiger partial charge in [-0.25, -0.2) is 9.18 Å². The summed E-state index contributed by atoms with van der Waals surface area (Å²) in [5.41, 5.74) is 8.32. The first-order chi connectivity index (χ1) is 20.4. The number of halogens is 1. The molecule has 1 saturated heterocycles. The van der Waals surface area contributed by atoms with E-state index in [0.29, 0.717) is 17.9 Å². The Morgan fingerprint density at radius 3 is 2.55 bits per heavy atom. The summed E-state index contributed by atoms with van der Waals surface area (Å²) in [6.07, 6.45) is 5.88. The van der Waals surface area contributed by atoms with E-state index in [1.165, 1.54) is 23.5 Å². The van der Waals surface area contributed by atoms with Crippen molar-refractivity contribution in [3.8, 4) is 22.1 Å². The summed E-state index contributed by atoms with van der Waals surface area (Å²) in [6.45, 7) is 5.23. The quantitative estimate of drug-likeness (QED) is 0.248. The topological polar surface area (TPSA) is 126 Å². The van der Waals surface area contributed by atoms with E-state index in [1.807, 2.05) is 18.3 Å². The first-order valence-corrected chi connectivity index (χ1v) is 14.8. The van der Waals surface area contributed by atoms with Crippen LogP contribution in [0.25, 0.3) is 20.8 Å². The number of pyridine rings is 2. The summed E-state index contributed by atoms with van der Waals surface area (Å²) in [6, 6.07) is 12.0. The number of carbonyl (C=O) groups excluding carboxylic acids is 2. The van der Waals surface area contributed by atoms with Crippen molar-refractivity contribution in [1.29, 1.82) is 0 Å². The Balaban J connectivity index is 1.09. The van der Waals surface area contributed by atoms with Crippen LogP contribution < -0.4 is 21.1 Å². The second-order valence-corrected chi connectivity index (χ2v) is 11.7. The van der Waals surface area contributed by atoms with Crippen LogP contribution >= 0.6 is 11.3 Å². The van der Waals surface area contributed by atoms with Crippen LogP contribution in [0.4, 0.5) is 14.9 Å². The van der Waals surface area contributed by atoms with Gasteiger partial charge >= 0.3 is 6.03 Å². The zero-order valence-corrected chi connectivity index (χ0v) is 23.8. The fraction of sp³-hybridized carbons (Fsp3) is 0.333. The van der Waals surface area contributed by atoms with Gasteiger partial charge in [0.15, 0.2) is 11.6 Å². The molecule has 2 aliphatic rings. The van der Waals surface area contributed by atoms with Crippen LogP contribution in [0.15, 0.2) is 54.9 Å². The average Bonchev–Trinajstić information content (AvgIpc) is 3.68. The minimum absolute atomic E-state index is 0.0572. The van der Waals surface area contributed by atoms with E-state index in [0.717, 1.165) is 78.5 Å². The maximum Gasteiger partial charge on any atom is 0.319 e. The van der Waals surface area contributed by atoms with Gasteiger partial charge in [0.25, 0.3) is 0 Å². The molecule has 0 spiro atoms. The van der Waals surface area contributed by atoms with Gasteiger partial charge in [-0.3, -0.25) is 19.7 Å². The highest BCUT2D eigenvalue weighted by molar-refractivity contribution is 7.22. The number of ether oxygens (including phenoxy) is 1. The van der Waals surface area contributed by atoms with Gasteiger partial charge in [0.1, 0.15) is 5.75 Å². The molecule has 2 fully saturated rings. The van der Waals surface area contributed by atoms with E-state index >= 15 is 0 Å². The summed E-state index contributed by atoms with van der Waals surface area (Å²) < 4.78 is 21.6. The van der Waals surface area contributed by atoms with E-state index in [2.05, 4.69) is 31.5 Å². The molecule has 0 unspecified atom stereocenters. The molecule has 10 nitrogen and oxygen atoms in total. The van der Waals surface area contributed by atoms with Crippen molar-refractivity contribution < 1.29 is 18.7 Å². The molecule has 1 aromatic carbocycles. The predicted octanol–water partition coefficient (Wildman–Crippen LogP) is 4.57. The van der Waals surface area contributed by atoms with Crippen LogP contribution in [0, 0.1) is 5.82 Å². The SMILES string of the molecule is NC(=O)CCN1CCN(Cc2ccc(-c3cc4nccc(Oc5ccc(NC(=O)NC6CC6)cc5F)c4s3)nc2)CC1. The van der Waals surface area contributed by atoms with E-state index in [-0.39, 0.29) is 23.7 Å². The number of rotatable bonds is 10. The van der Waals surface area contributed by atoms with Crippen molar-refractivity contribution in [3.05, 3.63) is 66.2 Å². The number of nitrogens with zero attached hydrogens (tertiary/aromatic N) is 4. The van der Waals surface area contributed by atoms with E-state index in [4.69, 9.17) is 15.5 Å². The Labute approximate surface area is 246 Å². The number of hydrogen-bond acceptors (Lipinski definition) is 8. The van der Waals surface area contributed by atoms with E-state index < -0.39 is 5.82 Å². The molecule has 4 N–H and O–H groups in total. The lowest BCUT2D eigenvalue weighted by Crippen LogP contribution is -2.46. The van der Waals surface area contributed by atoms with Gasteiger partial charge in [-0.15, -0.1) is 11.3 Å². The van der Waals surface area contributed by atoms with Crippen molar-refractivity contribution in [2.24, 2.45) is 5.73 Å². The minimum atomic E-state index is -0.578. The third-order valence-corrected chi connectivity index (χ3v) is 8.48. The second-order valence-electron chi connectivity index (χ2n) is 10.6. The average molecular weight is 590 g/mol. The van der Waals surface area contributed by atoms with Crippen LogP contribution in [0.2, 0.25) is 0 Å². The molecule has 42 heavy (non-hydrogen) atoms. The molecule has 0 atom stereocenters. The minimum Gasteiger partial charge on any atom is -0.453 e. The highest BCUT2D eigenvalue weighted by atomic mass is 32.1. The molecule has 6 rings (SSSR count). The summed E-state index contributed by atoms with van der Waals surface area (Å²) in [5.74, 6) is -0.286. The fourth-order valence-corrected chi connectivity index (χ4v) is 5.89. The third-order valence-electron chi connectivity index (χ3n) is 7.32. The number of nitrogens with one attached hydrogen (secondary N) is 2. The molecule has 218 valence electrons. The molecular formula is C30H32FN7O3S. The first-order valence-electron chi connectivity index (χ1n) is 14.0. The largest absolute Gasteiger partial charge is 0.453 e. The normalized spacial score (nSPS) is 15.9. The highest BCUT2D eigenvalue weighted by Crippen LogP contribution is 2.39. The van der Waals surface area contributed by atoms with Crippen molar-refractivity contribution in [2.45, 2.75) is 31.8 Å². The number of hydrogen-bond donors (Lipinski definition) is 3. The summed E-state index contributed by atoms with van der Waals surface area (Å²) in [4.78, 5) is 37.8. The number of aromatic nitrogens is 2. The van der Waals surface area contributed by atoms with Gasteiger partial charge < -0.3 is 26.0 Å². The monoisotopic (exact) mass is 589 g/mol. The molecule has 3 amide bonds. The number of carbonyl (C=O) groups is 2. The van der Waals surface area contributed by atoms with Crippen LogP contribution in [-0.2, 0) is 11.3 Å². The van der Waals surface area contributed by atoms with Crippen LogP contribution in [0.1, 0.15) is 24.8 Å². The molecule has 1 saturated carbocycles. The van der Waals surface area contributed by atoms with Crippen molar-refractivity contribution in [1.82, 2.24) is 25.1 Å². The summed E-state index contributed by atoms with van der Waals surface area (Å²) in [5, 5.41) is 5.47. The number of benzene rings is 1. The molecule has 4 heterocycles. The Morgan fingerprint density at radius 2 is 1.83 bits per heavy atom. The van der Waals surface area contributed by atoms with Crippen molar-refractivity contribution in [2.75, 3.05) is 38.0 Å². The van der Waals surface area contributed by atoms with E-state index in [1.54, 1.807) is 18.3 Å². The zero-order valence-electron chi connectivity index (χ0n) is 23.0. The number of thiophene rings is 1. The Morgan fingerprint density at radius 1 is 1.02 bits per heavy atom. The number of primary amides is 1. The third kappa shape index (κ3) is 7.01. The Hall–Kier alpha value is -4.13. The Kier molecular flexibility index (Phi) is 8.27. The molecule has 3 aromatic heterocycles. The van der Waals surface area contributed by atoms with Crippen molar-refractivity contribution >= 4 is 39.2 Å². The second kappa shape index (κ2) is 12.4. The van der Waals surface area contributed by atoms with Gasteiger partial charge in [-0.05, 0) is 42.7 Å². The number of amides is 3. The number of piperazine rings is 1. The lowest BCUT2D eigenvalue weighted by molar-refractivity contribution is -0.118. The van der Waals surface area contributed by atoms with Gasteiger partial charge in [0.05, 0.1) is 20.8 Å². The number of anilines is 1. The maximum atomic E-state index is 14.9. The molecule has 12 heteroatoms. The van der Waals surface area contributed by atoms with Crippen LogP contribution in [-0.4, -0.2) is 70.5 Å². The zero-order chi connectivity index (χ0) is 29.1. The smallest absolute Gasteiger partial charge is 0.319 e. The summed E-state index contributed by atoms with van der Waals surface area (Å²) in [7, 11) is 0. The molecule has 1 aliphatic carbocycles. The van der Waals surface area contributed by atoms with Gasteiger partial charge in [0, 0.05) is 81.9 Å². The predicted molar refractivity (Wildman–Crippen MR) is 160 cm³/mol. The van der Waals surface area contributed by atoms with Gasteiger partial charge in [-0.2, -0.15) is 0 Å². The lowest BCUT2D eigenvalue weighted by Gasteiger charge is -2.34. The van der Waals surface area contributed by atoms with Crippen LogP contribution in [0.3, 0.4) is 0 Å². The van der Waals surface area contributed by atoms with Gasteiger partial charge in [-0.1, -0.05) is 6.07 Å². The first kappa shape index (κ1) is 28.0. The summed E-state index contributed by atoms with van der Waals surface area (Å²) >= 11 is 1.49. The number of nitrogens with two attached hydrogens (primary N) is 1. The lowest BCUT2D eigenvalue weighted by atomic mass is 10.2. The molecule has 4 aromatic rings. The number of urea groups is 1. The van der Waals surface area contributed by atoms with E-state index in [9.17, 15) is 14.0 Å². The maximum absolute atomic E-state index is 14.9. The molecule has 0 radical (unpaired) electrons.